The molecule has 0 amide bonds. The number of pyridine rings is 1. The summed E-state index contributed by atoms with van der Waals surface area (Å²) >= 11 is 11.6. The molecule has 0 aromatic carbocycles. The number of halogens is 4. The molecular weight excluding hydrogens is 275 g/mol. The summed E-state index contributed by atoms with van der Waals surface area (Å²) in [4.78, 5) is 14.0. The molecule has 1 N–H and O–H groups in total. The van der Waals surface area contributed by atoms with Crippen molar-refractivity contribution in [3.05, 3.63) is 27.5 Å². The van der Waals surface area contributed by atoms with E-state index in [4.69, 9.17) is 23.2 Å². The summed E-state index contributed by atoms with van der Waals surface area (Å²) in [5.74, 6) is 0. The predicted molar refractivity (Wildman–Crippen MR) is 59.6 cm³/mol. The van der Waals surface area contributed by atoms with Crippen LogP contribution in [0.3, 0.4) is 0 Å². The third kappa shape index (κ3) is 2.73. The van der Waals surface area contributed by atoms with E-state index in [1.54, 1.807) is 0 Å². The number of nitrogens with zero attached hydrogens (tertiary/aromatic N) is 1. The van der Waals surface area contributed by atoms with Crippen molar-refractivity contribution in [2.24, 2.45) is 0 Å². The van der Waals surface area contributed by atoms with Crippen LogP contribution in [-0.2, 0) is 16.8 Å². The van der Waals surface area contributed by atoms with E-state index in [0.29, 0.717) is 6.29 Å². The van der Waals surface area contributed by atoms with E-state index in [-0.39, 0.29) is 22.0 Å². The molecule has 1 rings (SSSR count). The van der Waals surface area contributed by atoms with Gasteiger partial charge in [-0.25, -0.2) is 8.78 Å². The Labute approximate surface area is 106 Å². The molecule has 1 unspecified atom stereocenters. The Kier molecular flexibility index (Phi) is 4.41. The van der Waals surface area contributed by atoms with Gasteiger partial charge in [0.15, 0.2) is 5.60 Å². The first kappa shape index (κ1) is 14.3. The van der Waals surface area contributed by atoms with E-state index in [2.05, 4.69) is 4.98 Å². The van der Waals surface area contributed by atoms with Crippen molar-refractivity contribution < 1.29 is 18.7 Å². The average Bonchev–Trinajstić information content (AvgIpc) is 2.23. The topological polar surface area (TPSA) is 50.2 Å². The summed E-state index contributed by atoms with van der Waals surface area (Å²) in [6.45, 7) is 0.893. The van der Waals surface area contributed by atoms with Gasteiger partial charge in [0.1, 0.15) is 6.29 Å². The molecule has 17 heavy (non-hydrogen) atoms. The zero-order chi connectivity index (χ0) is 13.2. The molecule has 0 spiro atoms. The second-order valence-corrected chi connectivity index (χ2v) is 4.35. The second-order valence-electron chi connectivity index (χ2n) is 3.57. The summed E-state index contributed by atoms with van der Waals surface area (Å²) in [6.07, 6.45) is -1.57. The summed E-state index contributed by atoms with van der Waals surface area (Å²) in [6, 6.07) is 0. The molecular formula is C10H9Cl2F2NO2. The van der Waals surface area contributed by atoms with Gasteiger partial charge < -0.3 is 9.90 Å². The van der Waals surface area contributed by atoms with Gasteiger partial charge in [0.2, 0.25) is 0 Å². The van der Waals surface area contributed by atoms with Crippen molar-refractivity contribution in [2.75, 3.05) is 0 Å². The van der Waals surface area contributed by atoms with Crippen LogP contribution in [0.4, 0.5) is 8.78 Å². The summed E-state index contributed by atoms with van der Waals surface area (Å²) in [7, 11) is 0. The number of hydrogen-bond acceptors (Lipinski definition) is 3. The van der Waals surface area contributed by atoms with Crippen LogP contribution in [0.1, 0.15) is 18.2 Å². The van der Waals surface area contributed by atoms with Crippen LogP contribution >= 0.6 is 23.2 Å². The first-order chi connectivity index (χ1) is 7.82. The van der Waals surface area contributed by atoms with Gasteiger partial charge in [-0.2, -0.15) is 0 Å². The van der Waals surface area contributed by atoms with E-state index in [1.807, 2.05) is 0 Å². The number of hydrogen-bond donors (Lipinski definition) is 1. The molecule has 0 radical (unpaired) electrons. The molecule has 0 aliphatic heterocycles. The average molecular weight is 284 g/mol. The Bertz CT molecular complexity index is 439. The van der Waals surface area contributed by atoms with Crippen LogP contribution in [0, 0.1) is 0 Å². The third-order valence-electron chi connectivity index (χ3n) is 2.26. The zero-order valence-corrected chi connectivity index (χ0v) is 10.3. The maximum atomic E-state index is 12.6. The number of aldehydes is 1. The van der Waals surface area contributed by atoms with E-state index < -0.39 is 17.7 Å². The van der Waals surface area contributed by atoms with Gasteiger partial charge in [0.05, 0.1) is 15.7 Å². The second kappa shape index (κ2) is 5.25. The fraction of sp³-hybridized carbons (Fsp3) is 0.400. The number of aromatic nitrogens is 1. The Morgan fingerprint density at radius 1 is 1.59 bits per heavy atom. The number of alkyl halides is 2. The lowest BCUT2D eigenvalue weighted by Gasteiger charge is -2.23. The standard InChI is InChI=1S/C10H9Cl2F2NO2/c1-10(17,9(13)14)8-7(12)5(2-3-16)6(11)4-15-8/h3-4,9,17H,2H2,1H3. The predicted octanol–water partition coefficient (Wildman–Crippen LogP) is 2.60. The Morgan fingerprint density at radius 3 is 2.65 bits per heavy atom. The Morgan fingerprint density at radius 2 is 2.18 bits per heavy atom. The van der Waals surface area contributed by atoms with Crippen LogP contribution in [0.2, 0.25) is 10.0 Å². The van der Waals surface area contributed by atoms with E-state index in [9.17, 15) is 18.7 Å². The molecule has 0 fully saturated rings. The van der Waals surface area contributed by atoms with Crippen molar-refractivity contribution in [1.29, 1.82) is 0 Å². The molecule has 1 aromatic heterocycles. The minimum Gasteiger partial charge on any atom is -0.378 e. The molecule has 94 valence electrons. The van der Waals surface area contributed by atoms with Gasteiger partial charge in [-0.15, -0.1) is 0 Å². The molecule has 1 atom stereocenters. The Balaban J connectivity index is 3.37. The van der Waals surface area contributed by atoms with Crippen LogP contribution in [-0.4, -0.2) is 22.8 Å². The largest absolute Gasteiger partial charge is 0.378 e. The van der Waals surface area contributed by atoms with Crippen molar-refractivity contribution in [3.8, 4) is 0 Å². The molecule has 3 nitrogen and oxygen atoms in total. The lowest BCUT2D eigenvalue weighted by molar-refractivity contribution is -0.107. The van der Waals surface area contributed by atoms with E-state index >= 15 is 0 Å². The van der Waals surface area contributed by atoms with Crippen LogP contribution in [0.15, 0.2) is 6.20 Å². The van der Waals surface area contributed by atoms with Crippen LogP contribution < -0.4 is 0 Å². The van der Waals surface area contributed by atoms with Gasteiger partial charge in [-0.1, -0.05) is 23.2 Å². The van der Waals surface area contributed by atoms with Gasteiger partial charge in [0.25, 0.3) is 6.43 Å². The monoisotopic (exact) mass is 283 g/mol. The highest BCUT2D eigenvalue weighted by atomic mass is 35.5. The normalized spacial score (nSPS) is 14.8. The number of rotatable bonds is 4. The fourth-order valence-electron chi connectivity index (χ4n) is 1.23. The highest BCUT2D eigenvalue weighted by molar-refractivity contribution is 6.36. The third-order valence-corrected chi connectivity index (χ3v) is 2.99. The molecule has 0 aliphatic carbocycles. The first-order valence-electron chi connectivity index (χ1n) is 4.59. The summed E-state index contributed by atoms with van der Waals surface area (Å²) in [5, 5.41) is 9.48. The molecule has 0 bridgehead atoms. The summed E-state index contributed by atoms with van der Waals surface area (Å²) < 4.78 is 25.3. The van der Waals surface area contributed by atoms with Crippen LogP contribution in [0.5, 0.6) is 0 Å². The smallest absolute Gasteiger partial charge is 0.272 e. The number of carbonyl (C=O) groups excluding carboxylic acids is 1. The number of aliphatic hydroxyl groups is 1. The minimum atomic E-state index is -3.06. The quantitative estimate of drug-likeness (QED) is 0.865. The molecule has 1 heterocycles. The maximum absolute atomic E-state index is 12.6. The SMILES string of the molecule is CC(O)(c1ncc(Cl)c(CC=O)c1Cl)C(F)F. The zero-order valence-electron chi connectivity index (χ0n) is 8.75. The van der Waals surface area contributed by atoms with E-state index in [0.717, 1.165) is 13.1 Å². The molecule has 0 aliphatic rings. The minimum absolute atomic E-state index is 0.0934. The van der Waals surface area contributed by atoms with Crippen molar-refractivity contribution in [3.63, 3.8) is 0 Å². The first-order valence-corrected chi connectivity index (χ1v) is 5.35. The highest BCUT2D eigenvalue weighted by Gasteiger charge is 2.38. The van der Waals surface area contributed by atoms with Crippen molar-refractivity contribution in [1.82, 2.24) is 4.98 Å². The van der Waals surface area contributed by atoms with Crippen molar-refractivity contribution in [2.45, 2.75) is 25.4 Å². The summed E-state index contributed by atoms with van der Waals surface area (Å²) in [5.41, 5.74) is -2.70. The number of carbonyl (C=O) groups is 1. The highest BCUT2D eigenvalue weighted by Crippen LogP contribution is 2.35. The van der Waals surface area contributed by atoms with Gasteiger partial charge in [-0.3, -0.25) is 4.98 Å². The molecule has 0 saturated heterocycles. The van der Waals surface area contributed by atoms with Crippen molar-refractivity contribution >= 4 is 29.5 Å². The van der Waals surface area contributed by atoms with Gasteiger partial charge >= 0.3 is 0 Å². The molecule has 7 heteroatoms. The lowest BCUT2D eigenvalue weighted by Crippen LogP contribution is -2.32. The van der Waals surface area contributed by atoms with Crippen LogP contribution in [0.25, 0.3) is 0 Å². The van der Waals surface area contributed by atoms with Gasteiger partial charge in [0, 0.05) is 12.6 Å². The molecule has 1 aromatic rings. The maximum Gasteiger partial charge on any atom is 0.272 e. The van der Waals surface area contributed by atoms with E-state index in [1.165, 1.54) is 0 Å². The Hall–Kier alpha value is -0.780. The molecule has 0 saturated carbocycles. The fourth-order valence-corrected chi connectivity index (χ4v) is 1.92. The lowest BCUT2D eigenvalue weighted by atomic mass is 10.00. The van der Waals surface area contributed by atoms with Gasteiger partial charge in [-0.05, 0) is 12.5 Å².